The van der Waals surface area contributed by atoms with Crippen molar-refractivity contribution in [1.82, 2.24) is 14.8 Å². The molecule has 1 spiro atoms. The minimum Gasteiger partial charge on any atom is -0.317 e. The number of amides is 2. The minimum absolute atomic E-state index is 0.0258. The van der Waals surface area contributed by atoms with E-state index in [0.29, 0.717) is 18.2 Å². The molecule has 1 aliphatic heterocycles. The second-order valence-corrected chi connectivity index (χ2v) is 12.5. The first-order valence-electron chi connectivity index (χ1n) is 12.1. The summed E-state index contributed by atoms with van der Waals surface area (Å²) in [6, 6.07) is 14.0. The molecule has 1 aromatic heterocycles. The number of sulfone groups is 1. The van der Waals surface area contributed by atoms with Crippen molar-refractivity contribution in [1.29, 1.82) is 0 Å². The van der Waals surface area contributed by atoms with Crippen LogP contribution < -0.4 is 4.90 Å². The molecular formula is C26H34N4O3S. The van der Waals surface area contributed by atoms with Crippen molar-refractivity contribution < 1.29 is 13.2 Å². The van der Waals surface area contributed by atoms with Crippen LogP contribution in [0.25, 0.3) is 0 Å². The maximum absolute atomic E-state index is 13.7. The predicted molar refractivity (Wildman–Crippen MR) is 133 cm³/mol. The van der Waals surface area contributed by atoms with Crippen LogP contribution in [0.2, 0.25) is 0 Å². The van der Waals surface area contributed by atoms with Crippen LogP contribution in [0.15, 0.2) is 53.7 Å². The highest BCUT2D eigenvalue weighted by molar-refractivity contribution is 7.90. The van der Waals surface area contributed by atoms with E-state index >= 15 is 0 Å². The third-order valence-corrected chi connectivity index (χ3v) is 9.21. The number of urea groups is 1. The summed E-state index contributed by atoms with van der Waals surface area (Å²) in [6.45, 7) is 1.43. The van der Waals surface area contributed by atoms with Gasteiger partial charge in [-0.2, -0.15) is 0 Å². The average molecular weight is 483 g/mol. The molecule has 7 nitrogen and oxygen atoms in total. The minimum atomic E-state index is -3.38. The summed E-state index contributed by atoms with van der Waals surface area (Å²) in [5.41, 5.74) is 1.77. The monoisotopic (exact) mass is 482 g/mol. The highest BCUT2D eigenvalue weighted by Gasteiger charge is 2.55. The Kier molecular flexibility index (Phi) is 5.72. The van der Waals surface area contributed by atoms with Gasteiger partial charge in [-0.25, -0.2) is 18.2 Å². The van der Waals surface area contributed by atoms with Crippen molar-refractivity contribution in [2.45, 2.75) is 54.6 Å². The lowest BCUT2D eigenvalue weighted by Crippen LogP contribution is -2.55. The summed E-state index contributed by atoms with van der Waals surface area (Å²) in [5, 5.41) is 0.0312. The van der Waals surface area contributed by atoms with Crippen LogP contribution in [0.3, 0.4) is 0 Å². The Morgan fingerprint density at radius 2 is 1.71 bits per heavy atom. The van der Waals surface area contributed by atoms with Crippen LogP contribution in [0.5, 0.6) is 0 Å². The summed E-state index contributed by atoms with van der Waals surface area (Å²) in [7, 11) is 0.942. The number of aromatic nitrogens is 1. The van der Waals surface area contributed by atoms with E-state index in [-0.39, 0.29) is 22.1 Å². The molecule has 182 valence electrons. The van der Waals surface area contributed by atoms with E-state index in [4.69, 9.17) is 0 Å². The number of hydrogen-bond acceptors (Lipinski definition) is 5. The van der Waals surface area contributed by atoms with Crippen molar-refractivity contribution in [2.75, 3.05) is 38.3 Å². The molecule has 2 heterocycles. The average Bonchev–Trinajstić information content (AvgIpc) is 3.61. The summed E-state index contributed by atoms with van der Waals surface area (Å²) in [4.78, 5) is 24.1. The summed E-state index contributed by atoms with van der Waals surface area (Å²) >= 11 is 0. The van der Waals surface area contributed by atoms with Crippen LogP contribution in [-0.2, 0) is 15.4 Å². The number of carbonyl (C=O) groups is 1. The number of carbonyl (C=O) groups excluding carboxylic acids is 1. The summed E-state index contributed by atoms with van der Waals surface area (Å²) in [5.74, 6) is 0.598. The first-order valence-corrected chi connectivity index (χ1v) is 14.0. The number of nitrogens with zero attached hydrogens (tertiary/aromatic N) is 4. The highest BCUT2D eigenvalue weighted by Crippen LogP contribution is 2.50. The summed E-state index contributed by atoms with van der Waals surface area (Å²) < 4.78 is 23.7. The smallest absolute Gasteiger partial charge is 0.317 e. The van der Waals surface area contributed by atoms with Gasteiger partial charge in [-0.1, -0.05) is 30.3 Å². The number of anilines is 1. The molecule has 8 heteroatoms. The zero-order valence-corrected chi connectivity index (χ0v) is 21.1. The first-order chi connectivity index (χ1) is 16.1. The Balaban J connectivity index is 1.44. The molecule has 3 fully saturated rings. The van der Waals surface area contributed by atoms with E-state index in [9.17, 15) is 13.2 Å². The number of benzene rings is 1. The lowest BCUT2D eigenvalue weighted by Gasteiger charge is -2.51. The molecule has 0 bridgehead atoms. The SMILES string of the molecule is CN(C)[C@]1(c2ccccc2)CC[C@]2(CC1)CN(c1ccc(S(C)(=O)=O)nc1)C(=O)N2CC1CC1. The second kappa shape index (κ2) is 8.34. The Labute approximate surface area is 202 Å². The Morgan fingerprint density at radius 1 is 1.03 bits per heavy atom. The van der Waals surface area contributed by atoms with Gasteiger partial charge in [0.2, 0.25) is 0 Å². The number of hydrogen-bond donors (Lipinski definition) is 0. The maximum atomic E-state index is 13.7. The molecule has 1 aromatic carbocycles. The van der Waals surface area contributed by atoms with E-state index in [1.165, 1.54) is 30.7 Å². The Hall–Kier alpha value is -2.45. The molecule has 0 radical (unpaired) electrons. The molecule has 2 amide bonds. The van der Waals surface area contributed by atoms with Gasteiger partial charge in [0, 0.05) is 18.3 Å². The van der Waals surface area contributed by atoms with Gasteiger partial charge >= 0.3 is 6.03 Å². The van der Waals surface area contributed by atoms with Crippen molar-refractivity contribution in [3.63, 3.8) is 0 Å². The molecule has 1 saturated heterocycles. The van der Waals surface area contributed by atoms with Crippen molar-refractivity contribution in [2.24, 2.45) is 5.92 Å². The third kappa shape index (κ3) is 4.01. The van der Waals surface area contributed by atoms with Gasteiger partial charge in [0.05, 0.1) is 24.0 Å². The lowest BCUT2D eigenvalue weighted by molar-refractivity contribution is 0.0249. The molecule has 0 atom stereocenters. The zero-order valence-electron chi connectivity index (χ0n) is 20.3. The Morgan fingerprint density at radius 3 is 2.24 bits per heavy atom. The van der Waals surface area contributed by atoms with Crippen LogP contribution in [0, 0.1) is 5.92 Å². The quantitative estimate of drug-likeness (QED) is 0.624. The fourth-order valence-electron chi connectivity index (χ4n) is 5.88. The van der Waals surface area contributed by atoms with Crippen LogP contribution in [-0.4, -0.2) is 68.2 Å². The first kappa shape index (κ1) is 23.3. The molecule has 0 unspecified atom stereocenters. The highest BCUT2D eigenvalue weighted by atomic mass is 32.2. The van der Waals surface area contributed by atoms with Crippen LogP contribution in [0.4, 0.5) is 10.5 Å². The van der Waals surface area contributed by atoms with E-state index in [1.54, 1.807) is 6.07 Å². The molecule has 34 heavy (non-hydrogen) atoms. The lowest BCUT2D eigenvalue weighted by atomic mass is 9.68. The molecule has 2 aliphatic carbocycles. The predicted octanol–water partition coefficient (Wildman–Crippen LogP) is 3.91. The third-order valence-electron chi connectivity index (χ3n) is 8.21. The largest absolute Gasteiger partial charge is 0.325 e. The normalized spacial score (nSPS) is 27.7. The van der Waals surface area contributed by atoms with Gasteiger partial charge in [-0.15, -0.1) is 0 Å². The van der Waals surface area contributed by atoms with Gasteiger partial charge in [-0.3, -0.25) is 9.80 Å². The topological polar surface area (TPSA) is 73.8 Å². The number of rotatable bonds is 6. The zero-order chi connectivity index (χ0) is 24.1. The van der Waals surface area contributed by atoms with E-state index in [1.807, 2.05) is 4.90 Å². The fourth-order valence-corrected chi connectivity index (χ4v) is 6.44. The standard InChI is InChI=1S/C26H34N4O3S/c1-28(2)26(21-7-5-4-6-8-21)15-13-25(14-16-26)19-29(24(31)30(25)18-20-9-10-20)22-11-12-23(27-17-22)34(3,32)33/h4-8,11-12,17,20H,9-10,13-16,18-19H2,1-3H3/t25-,26+. The molecular weight excluding hydrogens is 448 g/mol. The van der Waals surface area contributed by atoms with Crippen molar-refractivity contribution >= 4 is 21.6 Å². The number of pyridine rings is 1. The molecule has 2 aromatic rings. The molecule has 0 N–H and O–H groups in total. The van der Waals surface area contributed by atoms with Crippen LogP contribution >= 0.6 is 0 Å². The van der Waals surface area contributed by atoms with Crippen LogP contribution in [0.1, 0.15) is 44.1 Å². The van der Waals surface area contributed by atoms with Gasteiger partial charge in [0.15, 0.2) is 14.9 Å². The van der Waals surface area contributed by atoms with Gasteiger partial charge in [0.25, 0.3) is 0 Å². The molecule has 3 aliphatic rings. The fraction of sp³-hybridized carbons (Fsp3) is 0.538. The van der Waals surface area contributed by atoms with E-state index < -0.39 is 9.84 Å². The van der Waals surface area contributed by atoms with Crippen molar-refractivity contribution in [3.05, 3.63) is 54.2 Å². The second-order valence-electron chi connectivity index (χ2n) is 10.6. The van der Waals surface area contributed by atoms with Gasteiger partial charge in [0.1, 0.15) is 0 Å². The summed E-state index contributed by atoms with van der Waals surface area (Å²) in [6.07, 6.45) is 8.89. The molecule has 5 rings (SSSR count). The Bertz CT molecular complexity index is 1150. The van der Waals surface area contributed by atoms with E-state index in [2.05, 4.69) is 59.2 Å². The van der Waals surface area contributed by atoms with Gasteiger partial charge < -0.3 is 4.90 Å². The molecule has 2 saturated carbocycles. The van der Waals surface area contributed by atoms with E-state index in [0.717, 1.165) is 38.5 Å². The maximum Gasteiger partial charge on any atom is 0.325 e. The van der Waals surface area contributed by atoms with Gasteiger partial charge in [-0.05, 0) is 76.2 Å². The van der Waals surface area contributed by atoms with Crippen molar-refractivity contribution in [3.8, 4) is 0 Å².